The summed E-state index contributed by atoms with van der Waals surface area (Å²) in [5, 5.41) is 23.6. The molecule has 17 nitrogen and oxygen atoms in total. The third-order valence-corrected chi connectivity index (χ3v) is 12.9. The molecule has 63 heavy (non-hydrogen) atoms. The number of hydrogen-bond donors (Lipinski definition) is 4. The highest BCUT2D eigenvalue weighted by Crippen LogP contribution is 2.38. The van der Waals surface area contributed by atoms with Gasteiger partial charge in [0.15, 0.2) is 6.61 Å². The number of nitrogens with one attached hydrogen (secondary N) is 4. The summed E-state index contributed by atoms with van der Waals surface area (Å²) in [5.41, 5.74) is 4.67. The van der Waals surface area contributed by atoms with Gasteiger partial charge in [0.05, 0.1) is 41.5 Å². The van der Waals surface area contributed by atoms with E-state index in [0.29, 0.717) is 30.7 Å². The number of imide groups is 2. The van der Waals surface area contributed by atoms with Gasteiger partial charge in [0.1, 0.15) is 17.4 Å². The van der Waals surface area contributed by atoms with Gasteiger partial charge in [0.25, 0.3) is 17.7 Å². The Hall–Kier alpha value is -6.93. The number of piperidine rings is 2. The van der Waals surface area contributed by atoms with Crippen LogP contribution >= 0.6 is 0 Å². The van der Waals surface area contributed by atoms with Gasteiger partial charge < -0.3 is 25.3 Å². The predicted octanol–water partition coefficient (Wildman–Crippen LogP) is 5.38. The summed E-state index contributed by atoms with van der Waals surface area (Å²) in [6, 6.07) is 16.3. The molecule has 4 aliphatic rings. The molecule has 2 saturated heterocycles. The number of benzene rings is 2. The van der Waals surface area contributed by atoms with Gasteiger partial charge in [-0.25, -0.2) is 4.98 Å². The molecule has 0 spiro atoms. The third-order valence-electron chi connectivity index (χ3n) is 12.9. The minimum atomic E-state index is -1.09. The number of aromatic amines is 1. The van der Waals surface area contributed by atoms with E-state index in [9.17, 15) is 29.2 Å². The van der Waals surface area contributed by atoms with E-state index in [1.807, 2.05) is 29.3 Å². The first-order chi connectivity index (χ1) is 30.7. The van der Waals surface area contributed by atoms with Crippen molar-refractivity contribution in [1.29, 1.82) is 5.26 Å². The number of nitriles is 1. The molecule has 4 N–H and O–H groups in total. The summed E-state index contributed by atoms with van der Waals surface area (Å²) in [5.74, 6) is -1.35. The average Bonchev–Trinajstić information content (AvgIpc) is 4.13. The molecule has 6 heterocycles. The molecule has 0 bridgehead atoms. The first-order valence-electron chi connectivity index (χ1n) is 21.8. The average molecular weight is 852 g/mol. The van der Waals surface area contributed by atoms with Crippen molar-refractivity contribution in [2.24, 2.45) is 5.92 Å². The molecular weight excluding hydrogens is 803 g/mol. The standard InChI is InChI=1S/C46H49N11O6/c47-19-15-35(30-5-1-2-6-30)56-26-31(25-50-56)41-34-16-21-49-42(34)54-46(53-41)51-32-11-9-28(10-12-32)29-17-23-55(24-18-29)22-4-20-48-39(59)27-63-37-8-3-7-33-40(37)45(62)57(44(33)61)36-13-14-38(58)52-43(36)60/h3,7-12,16,21,25-26,29-30,35-36H,1-2,4-6,13-15,17-18,20,22-24,27H2,(H,48,59)(H,52,58,60)(H2,49,51,53,54). The maximum Gasteiger partial charge on any atom is 0.266 e. The smallest absolute Gasteiger partial charge is 0.266 e. The predicted molar refractivity (Wildman–Crippen MR) is 231 cm³/mol. The molecule has 324 valence electrons. The number of fused-ring (bicyclic) bond motifs is 2. The molecule has 0 radical (unpaired) electrons. The Labute approximate surface area is 363 Å². The Morgan fingerprint density at radius 1 is 0.968 bits per heavy atom. The first-order valence-corrected chi connectivity index (χ1v) is 21.8. The number of nitrogens with zero attached hydrogens (tertiary/aromatic N) is 7. The lowest BCUT2D eigenvalue weighted by molar-refractivity contribution is -0.136. The number of amides is 5. The second-order valence-electron chi connectivity index (χ2n) is 16.8. The molecule has 5 amide bonds. The van der Waals surface area contributed by atoms with Gasteiger partial charge >= 0.3 is 0 Å². The lowest BCUT2D eigenvalue weighted by Crippen LogP contribution is -2.54. The molecule has 2 unspecified atom stereocenters. The van der Waals surface area contributed by atoms with Crippen LogP contribution in [-0.4, -0.2) is 103 Å². The van der Waals surface area contributed by atoms with Crippen LogP contribution in [0.15, 0.2) is 67.1 Å². The molecule has 3 fully saturated rings. The summed E-state index contributed by atoms with van der Waals surface area (Å²) in [7, 11) is 0. The van der Waals surface area contributed by atoms with Crippen molar-refractivity contribution < 1.29 is 28.7 Å². The molecule has 1 saturated carbocycles. The molecule has 1 aliphatic carbocycles. The number of aromatic nitrogens is 5. The number of carbonyl (C=O) groups is 5. The normalized spacial score (nSPS) is 19.0. The molecule has 9 rings (SSSR count). The Morgan fingerprint density at radius 3 is 2.56 bits per heavy atom. The molecule has 17 heteroatoms. The Bertz CT molecular complexity index is 2580. The number of hydrogen-bond acceptors (Lipinski definition) is 12. The second-order valence-corrected chi connectivity index (χ2v) is 16.8. The van der Waals surface area contributed by atoms with E-state index in [-0.39, 0.29) is 48.3 Å². The van der Waals surface area contributed by atoms with Gasteiger partial charge in [-0.1, -0.05) is 31.0 Å². The van der Waals surface area contributed by atoms with Crippen molar-refractivity contribution in [1.82, 2.24) is 45.2 Å². The first kappa shape index (κ1) is 41.4. The van der Waals surface area contributed by atoms with Crippen LogP contribution in [0.25, 0.3) is 22.3 Å². The van der Waals surface area contributed by atoms with Crippen LogP contribution < -0.4 is 20.7 Å². The quantitative estimate of drug-likeness (QED) is 0.0771. The molecule has 2 atom stereocenters. The maximum absolute atomic E-state index is 13.3. The number of carbonyl (C=O) groups excluding carboxylic acids is 5. The zero-order valence-corrected chi connectivity index (χ0v) is 34.8. The summed E-state index contributed by atoms with van der Waals surface area (Å²) in [4.78, 5) is 79.3. The lowest BCUT2D eigenvalue weighted by atomic mass is 9.89. The second kappa shape index (κ2) is 18.2. The number of rotatable bonds is 15. The van der Waals surface area contributed by atoms with E-state index in [0.717, 1.165) is 84.6 Å². The molecule has 5 aromatic rings. The van der Waals surface area contributed by atoms with Gasteiger partial charge in [0, 0.05) is 42.0 Å². The van der Waals surface area contributed by atoms with E-state index in [2.05, 4.69) is 56.2 Å². The van der Waals surface area contributed by atoms with Crippen molar-refractivity contribution in [3.05, 3.63) is 83.8 Å². The minimum absolute atomic E-state index is 0.00703. The van der Waals surface area contributed by atoms with Crippen molar-refractivity contribution in [3.8, 4) is 23.1 Å². The highest BCUT2D eigenvalue weighted by molar-refractivity contribution is 6.24. The highest BCUT2D eigenvalue weighted by Gasteiger charge is 2.46. The third kappa shape index (κ3) is 8.76. The van der Waals surface area contributed by atoms with Gasteiger partial charge in [-0.15, -0.1) is 0 Å². The number of anilines is 2. The fraction of sp³-hybridized carbons (Fsp3) is 0.413. The van der Waals surface area contributed by atoms with Crippen LogP contribution in [-0.2, 0) is 14.4 Å². The summed E-state index contributed by atoms with van der Waals surface area (Å²) in [6.45, 7) is 2.85. The van der Waals surface area contributed by atoms with Crippen LogP contribution in [0.1, 0.15) is 102 Å². The number of likely N-dealkylation sites (tertiary alicyclic amines) is 1. The summed E-state index contributed by atoms with van der Waals surface area (Å²) in [6.07, 6.45) is 13.7. The fourth-order valence-electron chi connectivity index (χ4n) is 9.56. The molecule has 3 aromatic heterocycles. The Kier molecular flexibility index (Phi) is 12.0. The lowest BCUT2D eigenvalue weighted by Gasteiger charge is -2.32. The number of H-pyrrole nitrogens is 1. The Balaban J connectivity index is 0.724. The number of ether oxygens (including phenoxy) is 1. The van der Waals surface area contributed by atoms with E-state index in [4.69, 9.17) is 19.8 Å². The summed E-state index contributed by atoms with van der Waals surface area (Å²) >= 11 is 0. The topological polar surface area (TPSA) is 220 Å². The van der Waals surface area contributed by atoms with E-state index in [1.54, 1.807) is 6.07 Å². The van der Waals surface area contributed by atoms with Crippen molar-refractivity contribution >= 4 is 52.2 Å². The van der Waals surface area contributed by atoms with E-state index in [1.165, 1.54) is 30.5 Å². The summed E-state index contributed by atoms with van der Waals surface area (Å²) < 4.78 is 7.67. The molecule has 3 aliphatic heterocycles. The van der Waals surface area contributed by atoms with Gasteiger partial charge in [-0.2, -0.15) is 15.3 Å². The zero-order valence-electron chi connectivity index (χ0n) is 34.8. The van der Waals surface area contributed by atoms with Crippen LogP contribution in [0.4, 0.5) is 11.6 Å². The van der Waals surface area contributed by atoms with Gasteiger partial charge in [-0.3, -0.25) is 38.9 Å². The van der Waals surface area contributed by atoms with Crippen molar-refractivity contribution in [2.75, 3.05) is 38.1 Å². The van der Waals surface area contributed by atoms with E-state index >= 15 is 0 Å². The van der Waals surface area contributed by atoms with E-state index < -0.39 is 29.7 Å². The fourth-order valence-corrected chi connectivity index (χ4v) is 9.56. The monoisotopic (exact) mass is 851 g/mol. The SMILES string of the molecule is N#CCC(C1CCCC1)n1cc(-c2nc(Nc3ccc(C4CCN(CCCNC(=O)COc5cccc6c5C(=O)N(C5CCC(=O)NC5=O)C6=O)CC4)cc3)nc3[nH]ccc23)cn1. The van der Waals surface area contributed by atoms with Crippen molar-refractivity contribution in [2.45, 2.75) is 82.2 Å². The molecule has 2 aromatic carbocycles. The van der Waals surface area contributed by atoms with Crippen LogP contribution in [0, 0.1) is 17.2 Å². The molecular formula is C46H49N11O6. The zero-order chi connectivity index (χ0) is 43.5. The largest absolute Gasteiger partial charge is 0.483 e. The van der Waals surface area contributed by atoms with Gasteiger partial charge in [0.2, 0.25) is 17.8 Å². The van der Waals surface area contributed by atoms with Crippen LogP contribution in [0.5, 0.6) is 5.75 Å². The van der Waals surface area contributed by atoms with Gasteiger partial charge in [-0.05, 0) is 106 Å². The maximum atomic E-state index is 13.3. The van der Waals surface area contributed by atoms with Crippen LogP contribution in [0.3, 0.4) is 0 Å². The van der Waals surface area contributed by atoms with Crippen molar-refractivity contribution in [3.63, 3.8) is 0 Å². The van der Waals surface area contributed by atoms with Crippen LogP contribution in [0.2, 0.25) is 0 Å². The highest BCUT2D eigenvalue weighted by atomic mass is 16.5. The Morgan fingerprint density at radius 2 is 1.78 bits per heavy atom. The minimum Gasteiger partial charge on any atom is -0.483 e.